The van der Waals surface area contributed by atoms with Crippen molar-refractivity contribution in [1.82, 2.24) is 10.2 Å². The van der Waals surface area contributed by atoms with Crippen molar-refractivity contribution in [2.45, 2.75) is 46.1 Å². The molecule has 0 aromatic heterocycles. The number of amides is 3. The summed E-state index contributed by atoms with van der Waals surface area (Å²) in [6.07, 6.45) is 1.81. The summed E-state index contributed by atoms with van der Waals surface area (Å²) >= 11 is 3.35. The maximum absolute atomic E-state index is 12.5. The van der Waals surface area contributed by atoms with Gasteiger partial charge in [-0.25, -0.2) is 4.79 Å². The Bertz CT molecular complexity index is 321. The van der Waals surface area contributed by atoms with E-state index in [0.29, 0.717) is 6.54 Å². The molecule has 0 saturated carbocycles. The summed E-state index contributed by atoms with van der Waals surface area (Å²) in [5.74, 6) is 0.123. The minimum atomic E-state index is -0.731. The van der Waals surface area contributed by atoms with Crippen LogP contribution in [0.2, 0.25) is 0 Å². The van der Waals surface area contributed by atoms with E-state index < -0.39 is 5.54 Å². The molecule has 0 unspecified atom stereocenters. The zero-order valence-electron chi connectivity index (χ0n) is 11.6. The molecule has 18 heavy (non-hydrogen) atoms. The molecule has 1 N–H and O–H groups in total. The molecule has 1 fully saturated rings. The quantitative estimate of drug-likeness (QED) is 0.465. The molecule has 1 heterocycles. The van der Waals surface area contributed by atoms with Gasteiger partial charge in [0.1, 0.15) is 5.54 Å². The van der Waals surface area contributed by atoms with Crippen LogP contribution in [0, 0.1) is 11.8 Å². The van der Waals surface area contributed by atoms with Gasteiger partial charge in [0.15, 0.2) is 0 Å². The van der Waals surface area contributed by atoms with Gasteiger partial charge in [0, 0.05) is 11.9 Å². The number of unbranched alkanes of at least 4 members (excludes halogenated alkanes) is 1. The highest BCUT2D eigenvalue weighted by Crippen LogP contribution is 2.33. The standard InChI is InChI=1S/C13H23BrN2O2/c1-9(2)13(10(3)4)11(17)16(12(18)15-13)8-6-5-7-14/h9-10H,5-8H2,1-4H3,(H,15,18). The SMILES string of the molecule is CC(C)C1(C(C)C)NC(=O)N(CCCCBr)C1=O. The zero-order valence-corrected chi connectivity index (χ0v) is 13.2. The number of urea groups is 1. The first-order valence-electron chi connectivity index (χ1n) is 6.58. The van der Waals surface area contributed by atoms with E-state index in [0.717, 1.165) is 18.2 Å². The molecule has 104 valence electrons. The number of hydrogen-bond donors (Lipinski definition) is 1. The van der Waals surface area contributed by atoms with Crippen LogP contribution in [-0.2, 0) is 4.79 Å². The second-order valence-corrected chi connectivity index (χ2v) is 6.25. The van der Waals surface area contributed by atoms with Crippen LogP contribution in [0.1, 0.15) is 40.5 Å². The lowest BCUT2D eigenvalue weighted by Crippen LogP contribution is -2.55. The highest BCUT2D eigenvalue weighted by Gasteiger charge is 2.54. The second kappa shape index (κ2) is 6.04. The summed E-state index contributed by atoms with van der Waals surface area (Å²) in [7, 11) is 0. The lowest BCUT2D eigenvalue weighted by Gasteiger charge is -2.34. The average Bonchev–Trinajstić information content (AvgIpc) is 2.54. The van der Waals surface area contributed by atoms with Crippen molar-refractivity contribution in [3.05, 3.63) is 0 Å². The molecule has 4 nitrogen and oxygen atoms in total. The van der Waals surface area contributed by atoms with Crippen molar-refractivity contribution >= 4 is 27.9 Å². The number of nitrogens with zero attached hydrogens (tertiary/aromatic N) is 1. The Morgan fingerprint density at radius 3 is 2.11 bits per heavy atom. The van der Waals surface area contributed by atoms with E-state index >= 15 is 0 Å². The minimum Gasteiger partial charge on any atom is -0.323 e. The van der Waals surface area contributed by atoms with E-state index in [1.165, 1.54) is 4.90 Å². The van der Waals surface area contributed by atoms with Gasteiger partial charge in [0.25, 0.3) is 5.91 Å². The summed E-state index contributed by atoms with van der Waals surface area (Å²) in [6.45, 7) is 8.46. The van der Waals surface area contributed by atoms with Crippen molar-refractivity contribution < 1.29 is 9.59 Å². The fraction of sp³-hybridized carbons (Fsp3) is 0.846. The van der Waals surface area contributed by atoms with Crippen molar-refractivity contribution in [2.24, 2.45) is 11.8 Å². The Morgan fingerprint density at radius 1 is 1.17 bits per heavy atom. The maximum Gasteiger partial charge on any atom is 0.325 e. The third-order valence-electron chi connectivity index (χ3n) is 3.74. The third kappa shape index (κ3) is 2.56. The Kier molecular flexibility index (Phi) is 5.20. The normalized spacial score (nSPS) is 18.9. The first-order chi connectivity index (χ1) is 8.37. The van der Waals surface area contributed by atoms with E-state index in [-0.39, 0.29) is 23.8 Å². The van der Waals surface area contributed by atoms with E-state index in [4.69, 9.17) is 0 Å². The summed E-state index contributed by atoms with van der Waals surface area (Å²) in [6, 6.07) is -0.239. The first-order valence-corrected chi connectivity index (χ1v) is 7.70. The smallest absolute Gasteiger partial charge is 0.323 e. The molecule has 0 spiro atoms. The summed E-state index contributed by atoms with van der Waals surface area (Å²) < 4.78 is 0. The van der Waals surface area contributed by atoms with Crippen molar-refractivity contribution in [3.63, 3.8) is 0 Å². The molecule has 1 saturated heterocycles. The lowest BCUT2D eigenvalue weighted by molar-refractivity contribution is -0.134. The van der Waals surface area contributed by atoms with Crippen LogP contribution < -0.4 is 5.32 Å². The number of carbonyl (C=O) groups excluding carboxylic acids is 2. The minimum absolute atomic E-state index is 0.0629. The topological polar surface area (TPSA) is 49.4 Å². The van der Waals surface area contributed by atoms with Crippen LogP contribution in [0.3, 0.4) is 0 Å². The number of halogens is 1. The van der Waals surface area contributed by atoms with Crippen LogP contribution in [0.4, 0.5) is 4.79 Å². The molecular weight excluding hydrogens is 296 g/mol. The number of rotatable bonds is 6. The van der Waals surface area contributed by atoms with Crippen molar-refractivity contribution in [1.29, 1.82) is 0 Å². The summed E-state index contributed by atoms with van der Waals surface area (Å²) in [4.78, 5) is 25.9. The number of alkyl halides is 1. The maximum atomic E-state index is 12.5. The summed E-state index contributed by atoms with van der Waals surface area (Å²) in [5, 5.41) is 3.82. The van der Waals surface area contributed by atoms with Gasteiger partial charge in [0.2, 0.25) is 0 Å². The molecular formula is C13H23BrN2O2. The summed E-state index contributed by atoms with van der Waals surface area (Å²) in [5.41, 5.74) is -0.731. The van der Waals surface area contributed by atoms with Crippen LogP contribution in [0.15, 0.2) is 0 Å². The van der Waals surface area contributed by atoms with Gasteiger partial charge in [-0.15, -0.1) is 0 Å². The van der Waals surface area contributed by atoms with E-state index in [9.17, 15) is 9.59 Å². The highest BCUT2D eigenvalue weighted by molar-refractivity contribution is 9.09. The van der Waals surface area contributed by atoms with Crippen molar-refractivity contribution in [2.75, 3.05) is 11.9 Å². The Morgan fingerprint density at radius 2 is 1.72 bits per heavy atom. The van der Waals surface area contributed by atoms with Gasteiger partial charge in [-0.1, -0.05) is 43.6 Å². The number of carbonyl (C=O) groups is 2. The molecule has 0 aliphatic carbocycles. The molecule has 3 amide bonds. The van der Waals surface area contributed by atoms with Gasteiger partial charge < -0.3 is 5.32 Å². The monoisotopic (exact) mass is 318 g/mol. The van der Waals surface area contributed by atoms with Crippen LogP contribution in [0.25, 0.3) is 0 Å². The Balaban J connectivity index is 2.87. The predicted octanol–water partition coefficient (Wildman–Crippen LogP) is 2.76. The van der Waals surface area contributed by atoms with Gasteiger partial charge in [0.05, 0.1) is 0 Å². The molecule has 1 aliphatic heterocycles. The molecule has 0 bridgehead atoms. The predicted molar refractivity (Wildman–Crippen MR) is 75.7 cm³/mol. The van der Waals surface area contributed by atoms with Gasteiger partial charge >= 0.3 is 6.03 Å². The fourth-order valence-corrected chi connectivity index (χ4v) is 3.03. The van der Waals surface area contributed by atoms with Gasteiger partial charge in [-0.05, 0) is 24.7 Å². The zero-order chi connectivity index (χ0) is 13.9. The molecule has 0 radical (unpaired) electrons. The van der Waals surface area contributed by atoms with Gasteiger partial charge in [-0.2, -0.15) is 0 Å². The molecule has 0 aromatic rings. The second-order valence-electron chi connectivity index (χ2n) is 5.46. The lowest BCUT2D eigenvalue weighted by atomic mass is 9.77. The van der Waals surface area contributed by atoms with E-state index in [1.54, 1.807) is 0 Å². The third-order valence-corrected chi connectivity index (χ3v) is 4.31. The van der Waals surface area contributed by atoms with Crippen molar-refractivity contribution in [3.8, 4) is 0 Å². The van der Waals surface area contributed by atoms with Crippen LogP contribution in [0.5, 0.6) is 0 Å². The molecule has 1 aliphatic rings. The highest BCUT2D eigenvalue weighted by atomic mass is 79.9. The molecule has 0 aromatic carbocycles. The van der Waals surface area contributed by atoms with Crippen LogP contribution in [-0.4, -0.2) is 34.3 Å². The van der Waals surface area contributed by atoms with E-state index in [1.807, 2.05) is 27.7 Å². The number of imide groups is 1. The Hall–Kier alpha value is -0.580. The fourth-order valence-electron chi connectivity index (χ4n) is 2.63. The average molecular weight is 319 g/mol. The van der Waals surface area contributed by atoms with E-state index in [2.05, 4.69) is 21.2 Å². The van der Waals surface area contributed by atoms with Gasteiger partial charge in [-0.3, -0.25) is 9.69 Å². The first kappa shape index (κ1) is 15.5. The van der Waals surface area contributed by atoms with Crippen LogP contribution >= 0.6 is 15.9 Å². The number of hydrogen-bond acceptors (Lipinski definition) is 2. The molecule has 5 heteroatoms. The molecule has 1 rings (SSSR count). The number of nitrogens with one attached hydrogen (secondary N) is 1. The Labute approximate surface area is 118 Å². The molecule has 0 atom stereocenters. The largest absolute Gasteiger partial charge is 0.325 e.